The molecular weight excluding hydrogens is 516 g/mol. The lowest BCUT2D eigenvalue weighted by Crippen LogP contribution is -2.09. The summed E-state index contributed by atoms with van der Waals surface area (Å²) in [6.07, 6.45) is 4.62. The molecule has 0 unspecified atom stereocenters. The lowest BCUT2D eigenvalue weighted by atomic mass is 10.2. The molecule has 0 fully saturated rings. The molecule has 6 heteroatoms. The molecule has 2 aromatic carbocycles. The molecule has 0 spiro atoms. The Bertz CT molecular complexity index is 732. The van der Waals surface area contributed by atoms with E-state index in [0.29, 0.717) is 22.4 Å². The summed E-state index contributed by atoms with van der Waals surface area (Å²) in [7, 11) is 0. The van der Waals surface area contributed by atoms with Crippen molar-refractivity contribution >= 4 is 53.8 Å². The zero-order chi connectivity index (χ0) is 18.2. The third-order valence-electron chi connectivity index (χ3n) is 3.52. The van der Waals surface area contributed by atoms with Crippen LogP contribution in [-0.2, 0) is 0 Å². The molecule has 0 aliphatic rings. The maximum absolute atomic E-state index is 12.3. The van der Waals surface area contributed by atoms with E-state index in [9.17, 15) is 4.79 Å². The molecule has 0 aliphatic heterocycles. The van der Waals surface area contributed by atoms with Gasteiger partial charge in [0.25, 0.3) is 0 Å². The number of hydrogen-bond acceptors (Lipinski definition) is 3. The average Bonchev–Trinajstić information content (AvgIpc) is 2.58. The van der Waals surface area contributed by atoms with E-state index < -0.39 is 5.97 Å². The molecule has 134 valence electrons. The molecule has 0 heterocycles. The second kappa shape index (κ2) is 10.3. The van der Waals surface area contributed by atoms with E-state index in [2.05, 4.69) is 54.7 Å². The van der Waals surface area contributed by atoms with Crippen LogP contribution in [0, 0.1) is 0 Å². The van der Waals surface area contributed by atoms with Gasteiger partial charge in [-0.2, -0.15) is 0 Å². The van der Waals surface area contributed by atoms with Crippen molar-refractivity contribution in [3.8, 4) is 11.5 Å². The van der Waals surface area contributed by atoms with Crippen LogP contribution in [0.2, 0.25) is 0 Å². The molecule has 0 saturated heterocycles. The lowest BCUT2D eigenvalue weighted by Gasteiger charge is -2.10. The molecule has 0 aromatic heterocycles. The van der Waals surface area contributed by atoms with E-state index in [1.165, 1.54) is 19.3 Å². The van der Waals surface area contributed by atoms with Gasteiger partial charge < -0.3 is 9.47 Å². The minimum atomic E-state index is -0.418. The molecule has 0 atom stereocenters. The number of unbranched alkanes of at least 4 members (excludes halogenated alkanes) is 3. The van der Waals surface area contributed by atoms with Crippen LogP contribution in [0.3, 0.4) is 0 Å². The molecule has 3 nitrogen and oxygen atoms in total. The number of esters is 1. The molecule has 0 amide bonds. The summed E-state index contributed by atoms with van der Waals surface area (Å²) < 4.78 is 13.6. The topological polar surface area (TPSA) is 35.5 Å². The highest BCUT2D eigenvalue weighted by Crippen LogP contribution is 2.30. The predicted octanol–water partition coefficient (Wildman–Crippen LogP) is 7.15. The Balaban J connectivity index is 1.97. The molecule has 0 N–H and O–H groups in total. The fourth-order valence-electron chi connectivity index (χ4n) is 2.17. The van der Waals surface area contributed by atoms with Crippen molar-refractivity contribution in [1.82, 2.24) is 0 Å². The number of ether oxygens (including phenoxy) is 2. The molecule has 0 saturated carbocycles. The molecular formula is C19H19Br3O3. The van der Waals surface area contributed by atoms with Gasteiger partial charge >= 0.3 is 5.97 Å². The van der Waals surface area contributed by atoms with Crippen LogP contribution in [0.4, 0.5) is 0 Å². The number of hydrogen-bond donors (Lipinski definition) is 0. The first kappa shape index (κ1) is 20.5. The molecule has 25 heavy (non-hydrogen) atoms. The van der Waals surface area contributed by atoms with Crippen molar-refractivity contribution < 1.29 is 14.3 Å². The fraction of sp³-hybridized carbons (Fsp3) is 0.316. The first-order valence-electron chi connectivity index (χ1n) is 8.11. The highest BCUT2D eigenvalue weighted by molar-refractivity contribution is 9.11. The SMILES string of the molecule is CCCCCCOc1ccc(C(=O)Oc2ccc(Br)cc2Br)cc1Br. The minimum Gasteiger partial charge on any atom is -0.492 e. The third kappa shape index (κ3) is 6.42. The Labute approximate surface area is 173 Å². The number of carbonyl (C=O) groups excluding carboxylic acids is 1. The number of benzene rings is 2. The zero-order valence-corrected chi connectivity index (χ0v) is 18.6. The minimum absolute atomic E-state index is 0.418. The van der Waals surface area contributed by atoms with Gasteiger partial charge in [-0.25, -0.2) is 4.79 Å². The van der Waals surface area contributed by atoms with Gasteiger partial charge in [0.15, 0.2) is 0 Å². The summed E-state index contributed by atoms with van der Waals surface area (Å²) in [4.78, 5) is 12.3. The number of halogens is 3. The van der Waals surface area contributed by atoms with Crippen LogP contribution >= 0.6 is 47.8 Å². The number of rotatable bonds is 8. The third-order valence-corrected chi connectivity index (χ3v) is 5.25. The monoisotopic (exact) mass is 532 g/mol. The van der Waals surface area contributed by atoms with E-state index >= 15 is 0 Å². The summed E-state index contributed by atoms with van der Waals surface area (Å²) in [5, 5.41) is 0. The van der Waals surface area contributed by atoms with Crippen molar-refractivity contribution in [1.29, 1.82) is 0 Å². The van der Waals surface area contributed by atoms with Crippen LogP contribution in [0.1, 0.15) is 43.0 Å². The summed E-state index contributed by atoms with van der Waals surface area (Å²) >= 11 is 10.2. The van der Waals surface area contributed by atoms with Crippen molar-refractivity contribution in [2.75, 3.05) is 6.61 Å². The van der Waals surface area contributed by atoms with E-state index in [1.807, 2.05) is 12.1 Å². The van der Waals surface area contributed by atoms with Gasteiger partial charge in [0.2, 0.25) is 0 Å². The Morgan fingerprint density at radius 2 is 1.64 bits per heavy atom. The number of carbonyl (C=O) groups is 1. The van der Waals surface area contributed by atoms with Crippen LogP contribution in [0.25, 0.3) is 0 Å². The van der Waals surface area contributed by atoms with Gasteiger partial charge in [-0.1, -0.05) is 42.1 Å². The van der Waals surface area contributed by atoms with Crippen LogP contribution in [-0.4, -0.2) is 12.6 Å². The molecule has 0 aliphatic carbocycles. The molecule has 2 rings (SSSR count). The first-order chi connectivity index (χ1) is 12.0. The highest BCUT2D eigenvalue weighted by Gasteiger charge is 2.13. The lowest BCUT2D eigenvalue weighted by molar-refractivity contribution is 0.0733. The smallest absolute Gasteiger partial charge is 0.343 e. The predicted molar refractivity (Wildman–Crippen MR) is 111 cm³/mol. The fourth-order valence-corrected chi connectivity index (χ4v) is 3.79. The van der Waals surface area contributed by atoms with E-state index in [4.69, 9.17) is 9.47 Å². The molecule has 0 radical (unpaired) electrons. The first-order valence-corrected chi connectivity index (χ1v) is 10.5. The van der Waals surface area contributed by atoms with Gasteiger partial charge in [-0.15, -0.1) is 0 Å². The van der Waals surface area contributed by atoms with Gasteiger partial charge in [0.05, 0.1) is 21.1 Å². The zero-order valence-electron chi connectivity index (χ0n) is 13.9. The van der Waals surface area contributed by atoms with Crippen molar-refractivity contribution in [3.63, 3.8) is 0 Å². The maximum Gasteiger partial charge on any atom is 0.343 e. The van der Waals surface area contributed by atoms with Crippen molar-refractivity contribution in [2.45, 2.75) is 32.6 Å². The van der Waals surface area contributed by atoms with Gasteiger partial charge in [0, 0.05) is 4.47 Å². The Morgan fingerprint density at radius 1 is 0.920 bits per heavy atom. The van der Waals surface area contributed by atoms with Gasteiger partial charge in [-0.3, -0.25) is 0 Å². The summed E-state index contributed by atoms with van der Waals surface area (Å²) in [6.45, 7) is 2.86. The Morgan fingerprint density at radius 3 is 2.32 bits per heavy atom. The van der Waals surface area contributed by atoms with Gasteiger partial charge in [0.1, 0.15) is 11.5 Å². The molecule has 0 bridgehead atoms. The summed E-state index contributed by atoms with van der Waals surface area (Å²) in [6, 6.07) is 10.6. The van der Waals surface area contributed by atoms with E-state index in [1.54, 1.807) is 24.3 Å². The summed E-state index contributed by atoms with van der Waals surface area (Å²) in [5.41, 5.74) is 0.458. The Kier molecular flexibility index (Phi) is 8.46. The van der Waals surface area contributed by atoms with E-state index in [0.717, 1.165) is 21.1 Å². The Hall–Kier alpha value is -0.850. The summed E-state index contributed by atoms with van der Waals surface area (Å²) in [5.74, 6) is 0.789. The van der Waals surface area contributed by atoms with Gasteiger partial charge in [-0.05, 0) is 74.7 Å². The quantitative estimate of drug-likeness (QED) is 0.205. The standard InChI is InChI=1S/C19H19Br3O3/c1-2-3-4-5-10-24-17-8-6-13(11-15(17)21)19(23)25-18-9-7-14(20)12-16(18)22/h6-9,11-12H,2-5,10H2,1H3. The second-order valence-electron chi connectivity index (χ2n) is 5.52. The van der Waals surface area contributed by atoms with Crippen molar-refractivity contribution in [2.24, 2.45) is 0 Å². The highest BCUT2D eigenvalue weighted by atomic mass is 79.9. The van der Waals surface area contributed by atoms with Crippen molar-refractivity contribution in [3.05, 3.63) is 55.4 Å². The second-order valence-corrected chi connectivity index (χ2v) is 8.14. The van der Waals surface area contributed by atoms with Crippen LogP contribution in [0.5, 0.6) is 11.5 Å². The van der Waals surface area contributed by atoms with Crippen LogP contribution in [0.15, 0.2) is 49.8 Å². The maximum atomic E-state index is 12.3. The normalized spacial score (nSPS) is 10.6. The average molecular weight is 535 g/mol. The molecule has 2 aromatic rings. The largest absolute Gasteiger partial charge is 0.492 e. The van der Waals surface area contributed by atoms with Crippen LogP contribution < -0.4 is 9.47 Å². The van der Waals surface area contributed by atoms with E-state index in [-0.39, 0.29) is 0 Å².